The van der Waals surface area contributed by atoms with Crippen molar-refractivity contribution in [2.75, 3.05) is 21.3 Å². The summed E-state index contributed by atoms with van der Waals surface area (Å²) in [5.74, 6) is -4.92. The molecule has 0 atom stereocenters. The average molecular weight is 827 g/mol. The fourth-order valence-electron chi connectivity index (χ4n) is 5.83. The number of Topliss-reactive ketones (excluding diaryl/α,β-unsaturated/α-hetero) is 3. The number of benzene rings is 6. The molecule has 0 aliphatic heterocycles. The fourth-order valence-corrected chi connectivity index (χ4v) is 8.27. The smallest absolute Gasteiger partial charge is 0.379 e. The van der Waals surface area contributed by atoms with E-state index in [1.165, 1.54) is 56.6 Å². The second kappa shape index (κ2) is 19.3. The Morgan fingerprint density at radius 2 is 0.517 bits per heavy atom. The summed E-state index contributed by atoms with van der Waals surface area (Å²) in [6, 6.07) is 45.3. The van der Waals surface area contributed by atoms with Gasteiger partial charge in [0.25, 0.3) is 17.3 Å². The Hall–Kier alpha value is -6.21. The van der Waals surface area contributed by atoms with Crippen LogP contribution in [0.3, 0.4) is 0 Å². The molecule has 0 unspecified atom stereocenters. The molecule has 0 spiro atoms. The second-order valence-corrected chi connectivity index (χ2v) is 15.9. The van der Waals surface area contributed by atoms with Gasteiger partial charge >= 0.3 is 17.9 Å². The van der Waals surface area contributed by atoms with Crippen LogP contribution in [0, 0.1) is 0 Å². The first-order valence-electron chi connectivity index (χ1n) is 17.6. The van der Waals surface area contributed by atoms with Gasteiger partial charge in [0, 0.05) is 52.0 Å². The van der Waals surface area contributed by atoms with Crippen LogP contribution in [0.5, 0.6) is 0 Å². The van der Waals surface area contributed by atoms with Gasteiger partial charge in [-0.3, -0.25) is 14.4 Å². The lowest BCUT2D eigenvalue weighted by molar-refractivity contribution is -0.135. The maximum atomic E-state index is 12.2. The summed E-state index contributed by atoms with van der Waals surface area (Å²) < 4.78 is 13.6. The number of ether oxygens (including phenoxy) is 3. The summed E-state index contributed by atoms with van der Waals surface area (Å²) in [5.41, 5.74) is 4.00. The summed E-state index contributed by atoms with van der Waals surface area (Å²) >= 11 is 4.60. The summed E-state index contributed by atoms with van der Waals surface area (Å²) in [4.78, 5) is 77.1. The lowest BCUT2D eigenvalue weighted by atomic mass is 9.85. The normalized spacial score (nSPS) is 10.8. The topological polar surface area (TPSA) is 130 Å². The van der Waals surface area contributed by atoms with Gasteiger partial charge in [0.2, 0.25) is 0 Å². The maximum Gasteiger partial charge on any atom is 0.379 e. The van der Waals surface area contributed by atoms with E-state index in [-0.39, 0.29) is 22.6 Å². The fraction of sp³-hybridized carbons (Fsp3) is 0.0870. The number of ketones is 3. The molecule has 6 aromatic rings. The van der Waals surface area contributed by atoms with Crippen LogP contribution < -0.4 is 0 Å². The molecule has 0 heterocycles. The van der Waals surface area contributed by atoms with E-state index >= 15 is 0 Å². The van der Waals surface area contributed by atoms with Crippen molar-refractivity contribution in [3.8, 4) is 0 Å². The van der Waals surface area contributed by atoms with E-state index in [1.54, 1.807) is 72.8 Å². The van der Waals surface area contributed by atoms with Crippen LogP contribution in [0.2, 0.25) is 0 Å². The zero-order valence-electron chi connectivity index (χ0n) is 31.3. The van der Waals surface area contributed by atoms with Gasteiger partial charge in [0.15, 0.2) is 0 Å². The van der Waals surface area contributed by atoms with Crippen molar-refractivity contribution in [3.05, 3.63) is 179 Å². The largest absolute Gasteiger partial charge is 0.463 e. The molecular weight excluding hydrogens is 793 g/mol. The molecule has 9 nitrogen and oxygen atoms in total. The van der Waals surface area contributed by atoms with Crippen molar-refractivity contribution in [2.45, 2.75) is 35.3 Å². The van der Waals surface area contributed by atoms with Gasteiger partial charge in [0.05, 0.1) is 21.3 Å². The predicted octanol–water partition coefficient (Wildman–Crippen LogP) is 9.39. The molecule has 0 fully saturated rings. The third kappa shape index (κ3) is 10.2. The summed E-state index contributed by atoms with van der Waals surface area (Å²) in [7, 11) is 3.53. The molecule has 0 bridgehead atoms. The van der Waals surface area contributed by atoms with Crippen molar-refractivity contribution >= 4 is 70.5 Å². The van der Waals surface area contributed by atoms with Crippen LogP contribution in [-0.4, -0.2) is 56.6 Å². The first-order chi connectivity index (χ1) is 28.1. The highest BCUT2D eigenvalue weighted by Gasteiger charge is 2.20. The first-order valence-corrected chi connectivity index (χ1v) is 20.0. The Labute approximate surface area is 347 Å². The molecule has 0 saturated carbocycles. The van der Waals surface area contributed by atoms with E-state index in [9.17, 15) is 28.8 Å². The number of hydrogen-bond acceptors (Lipinski definition) is 12. The highest BCUT2D eigenvalue weighted by Crippen LogP contribution is 2.38. The molecular formula is C46H34O9S3. The van der Waals surface area contributed by atoms with E-state index in [0.29, 0.717) is 0 Å². The zero-order chi connectivity index (χ0) is 41.2. The first kappa shape index (κ1) is 41.4. The summed E-state index contributed by atoms with van der Waals surface area (Å²) in [6.45, 7) is 0. The van der Waals surface area contributed by atoms with E-state index in [0.717, 1.165) is 46.1 Å². The number of methoxy groups -OCH3 is 3. The molecule has 0 aliphatic rings. The van der Waals surface area contributed by atoms with Gasteiger partial charge < -0.3 is 14.2 Å². The number of hydrogen-bond donors (Lipinski definition) is 0. The highest BCUT2D eigenvalue weighted by molar-refractivity contribution is 7.99. The van der Waals surface area contributed by atoms with Crippen molar-refractivity contribution < 1.29 is 43.0 Å². The van der Waals surface area contributed by atoms with Crippen molar-refractivity contribution in [1.82, 2.24) is 0 Å². The van der Waals surface area contributed by atoms with Crippen LogP contribution >= 0.6 is 35.3 Å². The standard InChI is InChI=1S/C46H34O9S3/c1-53-44(50)41(47)31-10-22-37(23-11-31)56-34-16-4-28(5-17-34)40(29-6-18-35(19-7-29)57-38-24-12-32(13-25-38)42(48)45(51)54-2)30-8-20-36(21-9-30)58-39-26-14-33(15-27-39)43(49)46(52)55-3/h4-27,40H,1-3H3. The number of esters is 3. The minimum absolute atomic E-state index is 0.118. The molecule has 0 aromatic heterocycles. The van der Waals surface area contributed by atoms with Crippen LogP contribution in [0.25, 0.3) is 0 Å². The van der Waals surface area contributed by atoms with Crippen LogP contribution in [0.15, 0.2) is 175 Å². The van der Waals surface area contributed by atoms with Crippen LogP contribution in [0.4, 0.5) is 0 Å². The summed E-state index contributed by atoms with van der Waals surface area (Å²) in [6.07, 6.45) is 0. The zero-order valence-corrected chi connectivity index (χ0v) is 33.8. The third-order valence-corrected chi connectivity index (χ3v) is 11.9. The monoisotopic (exact) mass is 826 g/mol. The van der Waals surface area contributed by atoms with E-state index in [2.05, 4.69) is 87.0 Å². The van der Waals surface area contributed by atoms with Crippen molar-refractivity contribution in [3.63, 3.8) is 0 Å². The Bertz CT molecular complexity index is 2170. The Morgan fingerprint density at radius 3 is 0.707 bits per heavy atom. The van der Waals surface area contributed by atoms with Gasteiger partial charge in [-0.05, 0) is 126 Å². The molecule has 0 N–H and O–H groups in total. The van der Waals surface area contributed by atoms with Crippen LogP contribution in [-0.2, 0) is 28.6 Å². The van der Waals surface area contributed by atoms with Crippen molar-refractivity contribution in [2.24, 2.45) is 0 Å². The number of carbonyl (C=O) groups is 6. The molecule has 0 radical (unpaired) electrons. The molecule has 12 heteroatoms. The predicted molar refractivity (Wildman–Crippen MR) is 221 cm³/mol. The number of rotatable bonds is 15. The van der Waals surface area contributed by atoms with Gasteiger partial charge in [-0.1, -0.05) is 71.7 Å². The molecule has 0 saturated heterocycles. The minimum Gasteiger partial charge on any atom is -0.463 e. The lowest BCUT2D eigenvalue weighted by Crippen LogP contribution is -2.15. The lowest BCUT2D eigenvalue weighted by Gasteiger charge is -2.20. The Balaban J connectivity index is 1.23. The van der Waals surface area contributed by atoms with Crippen molar-refractivity contribution in [1.29, 1.82) is 0 Å². The van der Waals surface area contributed by atoms with Gasteiger partial charge in [-0.2, -0.15) is 0 Å². The van der Waals surface area contributed by atoms with E-state index in [4.69, 9.17) is 0 Å². The molecule has 290 valence electrons. The molecule has 0 amide bonds. The molecule has 58 heavy (non-hydrogen) atoms. The average Bonchev–Trinajstić information content (AvgIpc) is 3.27. The molecule has 0 aliphatic carbocycles. The Kier molecular flexibility index (Phi) is 13.8. The molecule has 6 rings (SSSR count). The van der Waals surface area contributed by atoms with Gasteiger partial charge in [-0.25, -0.2) is 14.4 Å². The van der Waals surface area contributed by atoms with Gasteiger partial charge in [-0.15, -0.1) is 0 Å². The van der Waals surface area contributed by atoms with E-state index in [1.807, 2.05) is 0 Å². The quantitative estimate of drug-likeness (QED) is 0.0322. The maximum absolute atomic E-state index is 12.2. The highest BCUT2D eigenvalue weighted by atomic mass is 32.2. The summed E-state index contributed by atoms with van der Waals surface area (Å²) in [5, 5.41) is 0. The third-order valence-electron chi connectivity index (χ3n) is 8.81. The SMILES string of the molecule is COC(=O)C(=O)c1ccc(Sc2ccc(C(c3ccc(Sc4ccc(C(=O)C(=O)OC)cc4)cc3)c3ccc(Sc4ccc(C(=O)C(=O)OC)cc4)cc3)cc2)cc1. The second-order valence-electron chi connectivity index (χ2n) is 12.5. The Morgan fingerprint density at radius 1 is 0.328 bits per heavy atom. The van der Waals surface area contributed by atoms with E-state index < -0.39 is 35.3 Å². The number of carbonyl (C=O) groups excluding carboxylic acids is 6. The minimum atomic E-state index is -0.906. The van der Waals surface area contributed by atoms with Gasteiger partial charge in [0.1, 0.15) is 0 Å². The van der Waals surface area contributed by atoms with Crippen LogP contribution in [0.1, 0.15) is 53.7 Å². The molecule has 6 aromatic carbocycles.